The standard InChI is InChI=1S/C13H15Cl2N3O/c1-9-3-4-10(11(15)7-9)13-17-16-12(8-14)18(13)5-6-19-2/h3-4,7H,5-6,8H2,1-2H3. The summed E-state index contributed by atoms with van der Waals surface area (Å²) in [7, 11) is 1.66. The van der Waals surface area contributed by atoms with Gasteiger partial charge in [0.15, 0.2) is 5.82 Å². The zero-order valence-electron chi connectivity index (χ0n) is 10.9. The summed E-state index contributed by atoms with van der Waals surface area (Å²) in [6, 6.07) is 5.85. The van der Waals surface area contributed by atoms with E-state index in [9.17, 15) is 0 Å². The molecule has 2 aromatic rings. The van der Waals surface area contributed by atoms with Crippen molar-refractivity contribution in [1.82, 2.24) is 14.8 Å². The largest absolute Gasteiger partial charge is 0.383 e. The number of benzene rings is 1. The van der Waals surface area contributed by atoms with E-state index in [1.54, 1.807) is 7.11 Å². The summed E-state index contributed by atoms with van der Waals surface area (Å²) in [6.07, 6.45) is 0. The molecule has 0 aliphatic heterocycles. The Morgan fingerprint density at radius 3 is 2.74 bits per heavy atom. The Hall–Kier alpha value is -1.10. The molecule has 0 aliphatic carbocycles. The molecule has 0 atom stereocenters. The predicted molar refractivity (Wildman–Crippen MR) is 76.6 cm³/mol. The third-order valence-corrected chi connectivity index (χ3v) is 3.38. The number of aromatic nitrogens is 3. The molecule has 19 heavy (non-hydrogen) atoms. The molecule has 102 valence electrons. The Labute approximate surface area is 122 Å². The Bertz CT molecular complexity index is 569. The molecule has 0 saturated heterocycles. The summed E-state index contributed by atoms with van der Waals surface area (Å²) in [4.78, 5) is 0. The van der Waals surface area contributed by atoms with Gasteiger partial charge < -0.3 is 9.30 Å². The first-order chi connectivity index (χ1) is 9.17. The van der Waals surface area contributed by atoms with E-state index in [-0.39, 0.29) is 0 Å². The molecule has 0 unspecified atom stereocenters. The molecule has 0 N–H and O–H groups in total. The first-order valence-electron chi connectivity index (χ1n) is 5.91. The number of methoxy groups -OCH3 is 1. The van der Waals surface area contributed by atoms with Gasteiger partial charge in [-0.3, -0.25) is 0 Å². The first-order valence-corrected chi connectivity index (χ1v) is 6.82. The zero-order valence-corrected chi connectivity index (χ0v) is 12.4. The van der Waals surface area contributed by atoms with E-state index in [2.05, 4.69) is 10.2 Å². The van der Waals surface area contributed by atoms with Crippen LogP contribution in [0.3, 0.4) is 0 Å². The summed E-state index contributed by atoms with van der Waals surface area (Å²) < 4.78 is 7.04. The Kier molecular flexibility index (Phi) is 4.80. The normalized spacial score (nSPS) is 10.9. The van der Waals surface area contributed by atoms with Crippen LogP contribution in [0.4, 0.5) is 0 Å². The number of hydrogen-bond acceptors (Lipinski definition) is 3. The fourth-order valence-corrected chi connectivity index (χ4v) is 2.37. The maximum atomic E-state index is 6.28. The van der Waals surface area contributed by atoms with Crippen molar-refractivity contribution in [1.29, 1.82) is 0 Å². The molecule has 0 saturated carbocycles. The number of hydrogen-bond donors (Lipinski definition) is 0. The van der Waals surface area contributed by atoms with E-state index < -0.39 is 0 Å². The molecule has 0 fully saturated rings. The van der Waals surface area contributed by atoms with Gasteiger partial charge in [-0.25, -0.2) is 0 Å². The number of rotatable bonds is 5. The van der Waals surface area contributed by atoms with Crippen LogP contribution in [-0.4, -0.2) is 28.5 Å². The Morgan fingerprint density at radius 1 is 1.32 bits per heavy atom. The van der Waals surface area contributed by atoms with Crippen molar-refractivity contribution in [2.75, 3.05) is 13.7 Å². The van der Waals surface area contributed by atoms with Crippen molar-refractivity contribution in [3.05, 3.63) is 34.6 Å². The third kappa shape index (κ3) is 3.08. The number of ether oxygens (including phenoxy) is 1. The molecule has 4 nitrogen and oxygen atoms in total. The lowest BCUT2D eigenvalue weighted by Crippen LogP contribution is -2.09. The first kappa shape index (κ1) is 14.3. The fraction of sp³-hybridized carbons (Fsp3) is 0.385. The summed E-state index contributed by atoms with van der Waals surface area (Å²) in [6.45, 7) is 3.21. The van der Waals surface area contributed by atoms with E-state index in [1.165, 1.54) is 0 Å². The molecule has 0 amide bonds. The lowest BCUT2D eigenvalue weighted by molar-refractivity contribution is 0.187. The monoisotopic (exact) mass is 299 g/mol. The highest BCUT2D eigenvalue weighted by molar-refractivity contribution is 6.33. The fourth-order valence-electron chi connectivity index (χ4n) is 1.85. The molecule has 1 aromatic carbocycles. The number of halogens is 2. The van der Waals surface area contributed by atoms with Crippen LogP contribution in [0.15, 0.2) is 18.2 Å². The molecule has 0 radical (unpaired) electrons. The van der Waals surface area contributed by atoms with E-state index in [0.717, 1.165) is 17.0 Å². The van der Waals surface area contributed by atoms with Crippen molar-refractivity contribution in [3.63, 3.8) is 0 Å². The number of nitrogens with zero attached hydrogens (tertiary/aromatic N) is 3. The van der Waals surface area contributed by atoms with Crippen LogP contribution in [0, 0.1) is 6.92 Å². The van der Waals surface area contributed by atoms with E-state index >= 15 is 0 Å². The molecule has 2 rings (SSSR count). The molecular weight excluding hydrogens is 285 g/mol. The summed E-state index contributed by atoms with van der Waals surface area (Å²) >= 11 is 12.2. The second-order valence-electron chi connectivity index (χ2n) is 4.20. The minimum atomic E-state index is 0.306. The van der Waals surface area contributed by atoms with Gasteiger partial charge in [0.05, 0.1) is 17.5 Å². The lowest BCUT2D eigenvalue weighted by atomic mass is 10.1. The van der Waals surface area contributed by atoms with Gasteiger partial charge in [-0.15, -0.1) is 21.8 Å². The van der Waals surface area contributed by atoms with Crippen LogP contribution >= 0.6 is 23.2 Å². The number of alkyl halides is 1. The summed E-state index contributed by atoms with van der Waals surface area (Å²) in [5, 5.41) is 8.94. The molecule has 1 aromatic heterocycles. The Morgan fingerprint density at radius 2 is 2.11 bits per heavy atom. The van der Waals surface area contributed by atoms with Crippen LogP contribution in [-0.2, 0) is 17.2 Å². The molecular formula is C13H15Cl2N3O. The van der Waals surface area contributed by atoms with Crippen LogP contribution in [0.2, 0.25) is 5.02 Å². The molecule has 1 heterocycles. The summed E-state index contributed by atoms with van der Waals surface area (Å²) in [5.74, 6) is 1.74. The SMILES string of the molecule is COCCn1c(CCl)nnc1-c1ccc(C)cc1Cl. The highest BCUT2D eigenvalue weighted by Gasteiger charge is 2.15. The van der Waals surface area contributed by atoms with Gasteiger partial charge in [0, 0.05) is 19.2 Å². The van der Waals surface area contributed by atoms with Crippen LogP contribution in [0.5, 0.6) is 0 Å². The van der Waals surface area contributed by atoms with E-state index in [4.69, 9.17) is 27.9 Å². The van der Waals surface area contributed by atoms with E-state index in [0.29, 0.717) is 29.9 Å². The van der Waals surface area contributed by atoms with Crippen molar-refractivity contribution in [2.45, 2.75) is 19.3 Å². The van der Waals surface area contributed by atoms with Crippen LogP contribution in [0.1, 0.15) is 11.4 Å². The molecule has 6 heteroatoms. The van der Waals surface area contributed by atoms with Gasteiger partial charge in [-0.05, 0) is 24.6 Å². The molecule has 0 aliphatic rings. The van der Waals surface area contributed by atoms with E-state index in [1.807, 2.05) is 29.7 Å². The minimum Gasteiger partial charge on any atom is -0.383 e. The van der Waals surface area contributed by atoms with Gasteiger partial charge in [0.1, 0.15) is 5.82 Å². The summed E-state index contributed by atoms with van der Waals surface area (Å²) in [5.41, 5.74) is 1.96. The second kappa shape index (κ2) is 6.37. The zero-order chi connectivity index (χ0) is 13.8. The van der Waals surface area contributed by atoms with Gasteiger partial charge in [-0.1, -0.05) is 17.7 Å². The van der Waals surface area contributed by atoms with Gasteiger partial charge >= 0.3 is 0 Å². The number of aryl methyl sites for hydroxylation is 1. The van der Waals surface area contributed by atoms with Gasteiger partial charge in [0.25, 0.3) is 0 Å². The smallest absolute Gasteiger partial charge is 0.165 e. The van der Waals surface area contributed by atoms with Crippen molar-refractivity contribution in [3.8, 4) is 11.4 Å². The Balaban J connectivity index is 2.46. The van der Waals surface area contributed by atoms with Crippen LogP contribution < -0.4 is 0 Å². The topological polar surface area (TPSA) is 39.9 Å². The van der Waals surface area contributed by atoms with Crippen molar-refractivity contribution in [2.24, 2.45) is 0 Å². The maximum Gasteiger partial charge on any atom is 0.165 e. The van der Waals surface area contributed by atoms with Crippen LogP contribution in [0.25, 0.3) is 11.4 Å². The predicted octanol–water partition coefficient (Wildman–Crippen LogP) is 3.29. The average molecular weight is 300 g/mol. The van der Waals surface area contributed by atoms with Crippen molar-refractivity contribution < 1.29 is 4.74 Å². The third-order valence-electron chi connectivity index (χ3n) is 2.83. The average Bonchev–Trinajstić information content (AvgIpc) is 2.79. The lowest BCUT2D eigenvalue weighted by Gasteiger charge is -2.10. The van der Waals surface area contributed by atoms with Crippen molar-refractivity contribution >= 4 is 23.2 Å². The molecule has 0 bridgehead atoms. The maximum absolute atomic E-state index is 6.28. The molecule has 0 spiro atoms. The van der Waals surface area contributed by atoms with Gasteiger partial charge in [-0.2, -0.15) is 0 Å². The quantitative estimate of drug-likeness (QED) is 0.795. The minimum absolute atomic E-state index is 0.306. The highest BCUT2D eigenvalue weighted by atomic mass is 35.5. The highest BCUT2D eigenvalue weighted by Crippen LogP contribution is 2.28. The van der Waals surface area contributed by atoms with Gasteiger partial charge in [0.2, 0.25) is 0 Å². The second-order valence-corrected chi connectivity index (χ2v) is 4.88.